The summed E-state index contributed by atoms with van der Waals surface area (Å²) in [4.78, 5) is 14.5. The maximum atomic E-state index is 12.2. The lowest BCUT2D eigenvalue weighted by molar-refractivity contribution is -0.433. The van der Waals surface area contributed by atoms with Gasteiger partial charge in [0.2, 0.25) is 5.69 Å². The lowest BCUT2D eigenvalue weighted by atomic mass is 9.81. The lowest BCUT2D eigenvalue weighted by Gasteiger charge is -2.25. The SMILES string of the molecule is CCN1C(=CC=C(C=CC2=[N+](CC)c3ccccc3C2(C)C)C(=O)O)C(C)(C)c2ccccc21. The average Bonchev–Trinajstić information content (AvgIpc) is 3.17. The predicted octanol–water partition coefficient (Wildman–Crippen LogP) is 6.35. The molecule has 0 spiro atoms. The van der Waals surface area contributed by atoms with Crippen LogP contribution in [0.25, 0.3) is 0 Å². The number of carboxylic acids is 1. The summed E-state index contributed by atoms with van der Waals surface area (Å²) in [6, 6.07) is 16.8. The monoisotopic (exact) mass is 455 g/mol. The predicted molar refractivity (Wildman–Crippen MR) is 140 cm³/mol. The van der Waals surface area contributed by atoms with E-state index >= 15 is 0 Å². The van der Waals surface area contributed by atoms with Gasteiger partial charge in [-0.15, -0.1) is 0 Å². The highest BCUT2D eigenvalue weighted by Gasteiger charge is 2.43. The Balaban J connectivity index is 1.74. The van der Waals surface area contributed by atoms with Crippen LogP contribution in [0.5, 0.6) is 0 Å². The molecule has 0 aliphatic carbocycles. The highest BCUT2D eigenvalue weighted by molar-refractivity contribution is 6.04. The highest BCUT2D eigenvalue weighted by atomic mass is 16.4. The number of carboxylic acid groups (broad SMARTS) is 1. The van der Waals surface area contributed by atoms with E-state index in [0.717, 1.165) is 24.5 Å². The summed E-state index contributed by atoms with van der Waals surface area (Å²) in [5.41, 5.74) is 7.03. The molecule has 2 aromatic carbocycles. The van der Waals surface area contributed by atoms with Crippen molar-refractivity contribution in [1.82, 2.24) is 0 Å². The minimum absolute atomic E-state index is 0.195. The first-order valence-corrected chi connectivity index (χ1v) is 12.1. The number of aliphatic carboxylic acids is 1. The van der Waals surface area contributed by atoms with Crippen molar-refractivity contribution in [2.45, 2.75) is 52.4 Å². The summed E-state index contributed by atoms with van der Waals surface area (Å²) >= 11 is 0. The average molecular weight is 456 g/mol. The van der Waals surface area contributed by atoms with Gasteiger partial charge in [-0.1, -0.05) is 50.2 Å². The fourth-order valence-corrected chi connectivity index (χ4v) is 5.50. The van der Waals surface area contributed by atoms with E-state index < -0.39 is 5.97 Å². The summed E-state index contributed by atoms with van der Waals surface area (Å²) in [5, 5.41) is 9.99. The van der Waals surface area contributed by atoms with Gasteiger partial charge >= 0.3 is 5.97 Å². The number of hydrogen-bond donors (Lipinski definition) is 1. The molecule has 0 bridgehead atoms. The zero-order valence-corrected chi connectivity index (χ0v) is 21.1. The molecule has 0 fully saturated rings. The maximum absolute atomic E-state index is 12.2. The Kier molecular flexibility index (Phi) is 6.11. The van der Waals surface area contributed by atoms with Crippen molar-refractivity contribution in [3.8, 4) is 0 Å². The van der Waals surface area contributed by atoms with Gasteiger partial charge in [-0.25, -0.2) is 4.79 Å². The van der Waals surface area contributed by atoms with Gasteiger partial charge in [-0.05, 0) is 57.6 Å². The fraction of sp³-hybridized carbons (Fsp3) is 0.333. The van der Waals surface area contributed by atoms with Crippen LogP contribution in [0.4, 0.5) is 11.4 Å². The molecule has 2 aromatic rings. The van der Waals surface area contributed by atoms with E-state index in [2.05, 4.69) is 99.5 Å². The van der Waals surface area contributed by atoms with Crippen molar-refractivity contribution in [3.63, 3.8) is 0 Å². The minimum Gasteiger partial charge on any atom is -0.478 e. The molecule has 0 amide bonds. The Morgan fingerprint density at radius 2 is 1.62 bits per heavy atom. The zero-order valence-electron chi connectivity index (χ0n) is 21.1. The van der Waals surface area contributed by atoms with Crippen molar-refractivity contribution in [2.75, 3.05) is 18.0 Å². The molecule has 4 heteroatoms. The molecule has 1 N–H and O–H groups in total. The van der Waals surface area contributed by atoms with Gasteiger partial charge in [0.25, 0.3) is 0 Å². The van der Waals surface area contributed by atoms with Gasteiger partial charge in [-0.3, -0.25) is 0 Å². The second-order valence-corrected chi connectivity index (χ2v) is 9.97. The van der Waals surface area contributed by atoms with E-state index in [1.807, 2.05) is 12.2 Å². The largest absolute Gasteiger partial charge is 0.478 e. The van der Waals surface area contributed by atoms with Crippen molar-refractivity contribution in [3.05, 3.63) is 95.2 Å². The van der Waals surface area contributed by atoms with Crippen LogP contribution in [0.3, 0.4) is 0 Å². The summed E-state index contributed by atoms with van der Waals surface area (Å²) < 4.78 is 2.28. The first kappa shape index (κ1) is 23.7. The third kappa shape index (κ3) is 3.71. The Morgan fingerprint density at radius 1 is 0.971 bits per heavy atom. The number of hydrogen-bond acceptors (Lipinski definition) is 2. The van der Waals surface area contributed by atoms with Gasteiger partial charge < -0.3 is 10.0 Å². The maximum Gasteiger partial charge on any atom is 0.335 e. The van der Waals surface area contributed by atoms with Crippen LogP contribution in [0.2, 0.25) is 0 Å². The summed E-state index contributed by atoms with van der Waals surface area (Å²) in [7, 11) is 0. The first-order valence-electron chi connectivity index (χ1n) is 12.1. The lowest BCUT2D eigenvalue weighted by Crippen LogP contribution is -2.27. The number of nitrogens with zero attached hydrogens (tertiary/aromatic N) is 2. The number of rotatable bonds is 6. The zero-order chi connectivity index (χ0) is 24.7. The van der Waals surface area contributed by atoms with Gasteiger partial charge in [0.1, 0.15) is 6.54 Å². The number of likely N-dealkylation sites (N-methyl/N-ethyl adjacent to an activating group) is 1. The van der Waals surface area contributed by atoms with E-state index in [1.165, 1.54) is 22.5 Å². The van der Waals surface area contributed by atoms with Crippen LogP contribution in [0.1, 0.15) is 52.7 Å². The molecule has 0 saturated heterocycles. The molecule has 176 valence electrons. The molecule has 0 atom stereocenters. The number of benzene rings is 2. The molecule has 2 aliphatic heterocycles. The highest BCUT2D eigenvalue weighted by Crippen LogP contribution is 2.47. The van der Waals surface area contributed by atoms with Crippen LogP contribution < -0.4 is 4.90 Å². The smallest absolute Gasteiger partial charge is 0.335 e. The molecule has 4 nitrogen and oxygen atoms in total. The van der Waals surface area contributed by atoms with Gasteiger partial charge in [0, 0.05) is 41.1 Å². The van der Waals surface area contributed by atoms with E-state index in [0.29, 0.717) is 0 Å². The second-order valence-electron chi connectivity index (χ2n) is 9.97. The molecule has 0 unspecified atom stereocenters. The van der Waals surface area contributed by atoms with Crippen LogP contribution >= 0.6 is 0 Å². The van der Waals surface area contributed by atoms with Crippen LogP contribution in [0, 0.1) is 0 Å². The van der Waals surface area contributed by atoms with Gasteiger partial charge in [0.05, 0.1) is 11.0 Å². The van der Waals surface area contributed by atoms with Gasteiger partial charge in [0.15, 0.2) is 5.71 Å². The summed E-state index contributed by atoms with van der Waals surface area (Å²) in [5.74, 6) is -0.929. The molecule has 2 heterocycles. The molecule has 4 rings (SSSR count). The van der Waals surface area contributed by atoms with Crippen LogP contribution in [0.15, 0.2) is 84.1 Å². The molecular formula is C30H35N2O2+. The third-order valence-corrected chi connectivity index (χ3v) is 7.32. The van der Waals surface area contributed by atoms with Crippen molar-refractivity contribution < 1.29 is 14.5 Å². The Morgan fingerprint density at radius 3 is 2.26 bits per heavy atom. The molecule has 0 radical (unpaired) electrons. The fourth-order valence-electron chi connectivity index (χ4n) is 5.50. The van der Waals surface area contributed by atoms with E-state index in [4.69, 9.17) is 0 Å². The Labute approximate surface area is 203 Å². The number of para-hydroxylation sites is 2. The number of carbonyl (C=O) groups is 1. The van der Waals surface area contributed by atoms with E-state index in [1.54, 1.807) is 12.2 Å². The minimum atomic E-state index is -0.929. The molecule has 0 saturated carbocycles. The second kappa shape index (κ2) is 8.75. The normalized spacial score (nSPS) is 19.8. The summed E-state index contributed by atoms with van der Waals surface area (Å²) in [6.45, 7) is 14.7. The number of fused-ring (bicyclic) bond motifs is 2. The standard InChI is InChI=1S/C30H34N2O2/c1-7-31-24-15-11-9-13-22(24)29(3,4)26(31)19-17-21(28(33)34)18-20-27-30(5,6)23-14-10-12-16-25(23)32(27)8-2/h9-20H,7-8H2,1-6H3/p+1. The Hall–Kier alpha value is -3.40. The summed E-state index contributed by atoms with van der Waals surface area (Å²) in [6.07, 6.45) is 7.45. The first-order chi connectivity index (χ1) is 16.1. The molecular weight excluding hydrogens is 420 g/mol. The van der Waals surface area contributed by atoms with Crippen molar-refractivity contribution in [2.24, 2.45) is 0 Å². The van der Waals surface area contributed by atoms with Gasteiger partial charge in [-0.2, -0.15) is 4.58 Å². The molecule has 2 aliphatic rings. The Bertz CT molecular complexity index is 1260. The van der Waals surface area contributed by atoms with E-state index in [9.17, 15) is 9.90 Å². The third-order valence-electron chi connectivity index (χ3n) is 7.32. The molecule has 34 heavy (non-hydrogen) atoms. The molecule has 0 aromatic heterocycles. The van der Waals surface area contributed by atoms with Crippen LogP contribution in [-0.4, -0.2) is 34.5 Å². The van der Waals surface area contributed by atoms with Crippen molar-refractivity contribution >= 4 is 23.1 Å². The van der Waals surface area contributed by atoms with Crippen molar-refractivity contribution in [1.29, 1.82) is 0 Å². The number of anilines is 1. The van der Waals surface area contributed by atoms with Crippen LogP contribution in [-0.2, 0) is 15.6 Å². The topological polar surface area (TPSA) is 43.5 Å². The quantitative estimate of drug-likeness (QED) is 0.313. The van der Waals surface area contributed by atoms with E-state index in [-0.39, 0.29) is 16.4 Å². The number of allylic oxidation sites excluding steroid dienone is 4.